The summed E-state index contributed by atoms with van der Waals surface area (Å²) >= 11 is 0. The minimum atomic E-state index is -1.06. The Balaban J connectivity index is 3.99. The number of ketones is 1. The summed E-state index contributed by atoms with van der Waals surface area (Å²) in [6.45, 7) is 0. The molecule has 7 heteroatoms. The molecule has 15 heavy (non-hydrogen) atoms. The van der Waals surface area contributed by atoms with Crippen LogP contribution in [0.2, 0.25) is 0 Å². The zero-order valence-electron chi connectivity index (χ0n) is 8.18. The second kappa shape index (κ2) is 6.10. The van der Waals surface area contributed by atoms with Gasteiger partial charge in [-0.1, -0.05) is 0 Å². The van der Waals surface area contributed by atoms with Gasteiger partial charge in [-0.25, -0.2) is 0 Å². The smallest absolute Gasteiger partial charge is 0.303 e. The van der Waals surface area contributed by atoms with Gasteiger partial charge in [-0.05, 0) is 6.42 Å². The van der Waals surface area contributed by atoms with Crippen molar-refractivity contribution in [2.45, 2.75) is 31.3 Å². The number of primary amides is 1. The van der Waals surface area contributed by atoms with Crippen LogP contribution in [0.15, 0.2) is 0 Å². The van der Waals surface area contributed by atoms with Gasteiger partial charge in [-0.15, -0.1) is 0 Å². The van der Waals surface area contributed by atoms with Crippen molar-refractivity contribution in [2.75, 3.05) is 0 Å². The van der Waals surface area contributed by atoms with Gasteiger partial charge in [0.15, 0.2) is 5.78 Å². The van der Waals surface area contributed by atoms with Crippen molar-refractivity contribution in [3.63, 3.8) is 0 Å². The minimum absolute atomic E-state index is 0.0274. The number of Topliss-reactive ketones (excluding diaryl/α,β-unsaturated/α-hetero) is 1. The van der Waals surface area contributed by atoms with Crippen molar-refractivity contribution in [1.82, 2.24) is 0 Å². The second-order valence-electron chi connectivity index (χ2n) is 3.22. The van der Waals surface area contributed by atoms with E-state index in [0.717, 1.165) is 0 Å². The van der Waals surface area contributed by atoms with E-state index in [0.29, 0.717) is 0 Å². The van der Waals surface area contributed by atoms with Crippen LogP contribution >= 0.6 is 0 Å². The Morgan fingerprint density at radius 2 is 1.67 bits per heavy atom. The van der Waals surface area contributed by atoms with E-state index in [9.17, 15) is 14.4 Å². The third kappa shape index (κ3) is 5.76. The van der Waals surface area contributed by atoms with Crippen LogP contribution in [0, 0.1) is 0 Å². The first-order valence-electron chi connectivity index (χ1n) is 4.39. The SMILES string of the molecule is NC(=O)[C@@H](N)CC(=O)[C@@H](N)CCC(=O)O. The number of carbonyl (C=O) groups is 3. The molecule has 0 aromatic heterocycles. The fraction of sp³-hybridized carbons (Fsp3) is 0.625. The second-order valence-corrected chi connectivity index (χ2v) is 3.22. The molecule has 1 amide bonds. The molecule has 0 unspecified atom stereocenters. The lowest BCUT2D eigenvalue weighted by Gasteiger charge is -2.11. The molecule has 0 fully saturated rings. The molecule has 0 saturated carbocycles. The van der Waals surface area contributed by atoms with Crippen molar-refractivity contribution in [2.24, 2.45) is 17.2 Å². The number of rotatable bonds is 7. The van der Waals surface area contributed by atoms with Crippen LogP contribution in [-0.2, 0) is 14.4 Å². The van der Waals surface area contributed by atoms with Gasteiger partial charge in [0.25, 0.3) is 0 Å². The Hall–Kier alpha value is -1.47. The molecule has 86 valence electrons. The predicted octanol–water partition coefficient (Wildman–Crippen LogP) is -2.05. The maximum atomic E-state index is 11.3. The highest BCUT2D eigenvalue weighted by atomic mass is 16.4. The van der Waals surface area contributed by atoms with Crippen LogP contribution in [0.4, 0.5) is 0 Å². The molecule has 0 aromatic rings. The highest BCUT2D eigenvalue weighted by Crippen LogP contribution is 2.00. The molecule has 0 bridgehead atoms. The summed E-state index contributed by atoms with van der Waals surface area (Å²) in [7, 11) is 0. The van der Waals surface area contributed by atoms with E-state index in [1.807, 2.05) is 0 Å². The summed E-state index contributed by atoms with van der Waals surface area (Å²) in [5, 5.41) is 8.35. The monoisotopic (exact) mass is 217 g/mol. The summed E-state index contributed by atoms with van der Waals surface area (Å²) in [6.07, 6.45) is -0.422. The summed E-state index contributed by atoms with van der Waals surface area (Å²) in [4.78, 5) is 32.0. The summed E-state index contributed by atoms with van der Waals surface area (Å²) < 4.78 is 0. The Bertz CT molecular complexity index is 267. The van der Waals surface area contributed by atoms with Crippen LogP contribution < -0.4 is 17.2 Å². The molecule has 0 aliphatic heterocycles. The van der Waals surface area contributed by atoms with Crippen molar-refractivity contribution < 1.29 is 19.5 Å². The van der Waals surface area contributed by atoms with Crippen molar-refractivity contribution in [3.05, 3.63) is 0 Å². The third-order valence-corrected chi connectivity index (χ3v) is 1.87. The maximum Gasteiger partial charge on any atom is 0.303 e. The molecule has 7 nitrogen and oxygen atoms in total. The van der Waals surface area contributed by atoms with Gasteiger partial charge in [0.2, 0.25) is 5.91 Å². The van der Waals surface area contributed by atoms with E-state index in [2.05, 4.69) is 0 Å². The van der Waals surface area contributed by atoms with Gasteiger partial charge in [-0.2, -0.15) is 0 Å². The molecule has 0 aliphatic carbocycles. The molecule has 0 radical (unpaired) electrons. The molecule has 0 aliphatic rings. The van der Waals surface area contributed by atoms with Crippen LogP contribution in [0.1, 0.15) is 19.3 Å². The fourth-order valence-electron chi connectivity index (χ4n) is 0.909. The number of carboxylic acid groups (broad SMARTS) is 1. The van der Waals surface area contributed by atoms with E-state index in [1.54, 1.807) is 0 Å². The van der Waals surface area contributed by atoms with Crippen LogP contribution in [0.3, 0.4) is 0 Å². The molecule has 0 heterocycles. The van der Waals surface area contributed by atoms with Gasteiger partial charge in [0.05, 0.1) is 12.1 Å². The summed E-state index contributed by atoms with van der Waals surface area (Å²) in [5.41, 5.74) is 15.5. The molecule has 0 rings (SSSR count). The lowest BCUT2D eigenvalue weighted by atomic mass is 10.0. The topological polar surface area (TPSA) is 150 Å². The van der Waals surface area contributed by atoms with Gasteiger partial charge in [-0.3, -0.25) is 14.4 Å². The van der Waals surface area contributed by atoms with E-state index < -0.39 is 29.7 Å². The summed E-state index contributed by atoms with van der Waals surface area (Å²) in [5.74, 6) is -2.27. The Labute approximate surface area is 86.6 Å². The van der Waals surface area contributed by atoms with Crippen LogP contribution in [0.5, 0.6) is 0 Å². The summed E-state index contributed by atoms with van der Waals surface area (Å²) in [6, 6.07) is -1.97. The van der Waals surface area contributed by atoms with Gasteiger partial charge in [0.1, 0.15) is 0 Å². The van der Waals surface area contributed by atoms with Crippen LogP contribution in [0.25, 0.3) is 0 Å². The Morgan fingerprint density at radius 1 is 1.13 bits per heavy atom. The molecule has 0 spiro atoms. The van der Waals surface area contributed by atoms with Crippen molar-refractivity contribution >= 4 is 17.7 Å². The lowest BCUT2D eigenvalue weighted by Crippen LogP contribution is -2.42. The molecule has 7 N–H and O–H groups in total. The molecule has 0 saturated heterocycles. The maximum absolute atomic E-state index is 11.3. The zero-order chi connectivity index (χ0) is 12.0. The first kappa shape index (κ1) is 13.5. The highest BCUT2D eigenvalue weighted by Gasteiger charge is 2.20. The first-order valence-corrected chi connectivity index (χ1v) is 4.39. The average Bonchev–Trinajstić information content (AvgIpc) is 2.13. The molecular weight excluding hydrogens is 202 g/mol. The molecule has 2 atom stereocenters. The molecule has 0 aromatic carbocycles. The van der Waals surface area contributed by atoms with E-state index in [1.165, 1.54) is 0 Å². The number of carbonyl (C=O) groups excluding carboxylic acids is 2. The average molecular weight is 217 g/mol. The number of carboxylic acids is 1. The van der Waals surface area contributed by atoms with E-state index in [-0.39, 0.29) is 19.3 Å². The number of hydrogen-bond donors (Lipinski definition) is 4. The quantitative estimate of drug-likeness (QED) is 0.385. The number of amides is 1. The number of hydrogen-bond acceptors (Lipinski definition) is 5. The standard InChI is InChI=1S/C8H15N3O4/c9-4(1-2-7(13)14)6(12)3-5(10)8(11)15/h4-5H,1-3,9-10H2,(H2,11,15)(H,13,14)/t4-,5-/m0/s1. The Kier molecular flexibility index (Phi) is 5.50. The highest BCUT2D eigenvalue weighted by molar-refractivity contribution is 5.90. The van der Waals surface area contributed by atoms with Gasteiger partial charge >= 0.3 is 5.97 Å². The number of nitrogens with two attached hydrogens (primary N) is 3. The third-order valence-electron chi connectivity index (χ3n) is 1.87. The van der Waals surface area contributed by atoms with E-state index >= 15 is 0 Å². The predicted molar refractivity (Wildman–Crippen MR) is 51.6 cm³/mol. The van der Waals surface area contributed by atoms with Gasteiger partial charge < -0.3 is 22.3 Å². The van der Waals surface area contributed by atoms with Crippen molar-refractivity contribution in [3.8, 4) is 0 Å². The number of aliphatic carboxylic acids is 1. The largest absolute Gasteiger partial charge is 0.481 e. The fourth-order valence-corrected chi connectivity index (χ4v) is 0.909. The van der Waals surface area contributed by atoms with E-state index in [4.69, 9.17) is 22.3 Å². The normalized spacial score (nSPS) is 14.3. The first-order chi connectivity index (χ1) is 6.84. The lowest BCUT2D eigenvalue weighted by molar-refractivity contribution is -0.137. The zero-order valence-corrected chi connectivity index (χ0v) is 8.18. The van der Waals surface area contributed by atoms with Crippen molar-refractivity contribution in [1.29, 1.82) is 0 Å². The van der Waals surface area contributed by atoms with Gasteiger partial charge in [0, 0.05) is 12.8 Å². The Morgan fingerprint density at radius 3 is 2.07 bits per heavy atom. The minimum Gasteiger partial charge on any atom is -0.481 e. The molecular formula is C8H15N3O4. The van der Waals surface area contributed by atoms with Crippen LogP contribution in [-0.4, -0.2) is 34.8 Å².